The number of piperazine rings is 1. The average molecular weight is 492 g/mol. The first-order valence-corrected chi connectivity index (χ1v) is 13.8. The molecule has 7 heteroatoms. The highest BCUT2D eigenvalue weighted by atomic mass is 32.2. The van der Waals surface area contributed by atoms with Gasteiger partial charge in [-0.3, -0.25) is 14.7 Å². The van der Waals surface area contributed by atoms with Crippen molar-refractivity contribution in [1.82, 2.24) is 14.8 Å². The normalized spacial score (nSPS) is 15.3. The van der Waals surface area contributed by atoms with Crippen LogP contribution in [0.5, 0.6) is 0 Å². The second kappa shape index (κ2) is 9.91. The van der Waals surface area contributed by atoms with Crippen LogP contribution in [0, 0.1) is 0 Å². The van der Waals surface area contributed by atoms with Crippen LogP contribution < -0.4 is 0 Å². The Morgan fingerprint density at radius 3 is 1.97 bits per heavy atom. The molecule has 184 valence electrons. The first-order valence-electron chi connectivity index (χ1n) is 11.9. The summed E-state index contributed by atoms with van der Waals surface area (Å²) in [5, 5.41) is 0. The molecule has 4 rings (SSSR count). The van der Waals surface area contributed by atoms with Crippen LogP contribution in [0.1, 0.15) is 42.4 Å². The summed E-state index contributed by atoms with van der Waals surface area (Å²) < 4.78 is 23.3. The molecule has 1 aromatic heterocycles. The molecule has 1 fully saturated rings. The Bertz CT molecular complexity index is 1270. The summed E-state index contributed by atoms with van der Waals surface area (Å²) in [5.41, 5.74) is 4.89. The van der Waals surface area contributed by atoms with Crippen LogP contribution in [0.15, 0.2) is 71.8 Å². The van der Waals surface area contributed by atoms with E-state index in [0.717, 1.165) is 30.8 Å². The first kappa shape index (κ1) is 25.1. The largest absolute Gasteiger partial charge is 0.335 e. The molecule has 0 saturated carbocycles. The Morgan fingerprint density at radius 2 is 1.46 bits per heavy atom. The molecule has 6 nitrogen and oxygen atoms in total. The van der Waals surface area contributed by atoms with E-state index in [1.165, 1.54) is 17.4 Å². The Kier molecular flexibility index (Phi) is 7.10. The van der Waals surface area contributed by atoms with Crippen molar-refractivity contribution in [2.24, 2.45) is 0 Å². The number of hydrogen-bond donors (Lipinski definition) is 0. The number of hydrogen-bond acceptors (Lipinski definition) is 5. The van der Waals surface area contributed by atoms with Gasteiger partial charge in [-0.2, -0.15) is 0 Å². The molecule has 0 aliphatic carbocycles. The van der Waals surface area contributed by atoms with E-state index in [9.17, 15) is 13.2 Å². The Morgan fingerprint density at radius 1 is 0.857 bits per heavy atom. The lowest BCUT2D eigenvalue weighted by Crippen LogP contribution is -2.48. The van der Waals surface area contributed by atoms with Crippen molar-refractivity contribution in [3.8, 4) is 11.1 Å². The SMILES string of the molecule is CC(C)(C)c1ccc(CN2CCN(C(=O)c3ccc(-c4ccc(S(C)(=O)=O)cc4)cn3)CC2)cc1. The van der Waals surface area contributed by atoms with Gasteiger partial charge >= 0.3 is 0 Å². The summed E-state index contributed by atoms with van der Waals surface area (Å²) in [5.74, 6) is -0.0573. The molecule has 0 N–H and O–H groups in total. The number of aromatic nitrogens is 1. The van der Waals surface area contributed by atoms with E-state index in [-0.39, 0.29) is 16.2 Å². The zero-order chi connectivity index (χ0) is 25.2. The van der Waals surface area contributed by atoms with Crippen molar-refractivity contribution in [3.63, 3.8) is 0 Å². The van der Waals surface area contributed by atoms with Crippen molar-refractivity contribution < 1.29 is 13.2 Å². The molecule has 1 saturated heterocycles. The fourth-order valence-corrected chi connectivity index (χ4v) is 4.86. The molecule has 0 radical (unpaired) electrons. The van der Waals surface area contributed by atoms with Gasteiger partial charge in [0.2, 0.25) is 0 Å². The Balaban J connectivity index is 1.33. The first-order chi connectivity index (χ1) is 16.5. The van der Waals surface area contributed by atoms with Crippen LogP contribution in [-0.4, -0.2) is 61.5 Å². The number of nitrogens with zero attached hydrogens (tertiary/aromatic N) is 3. The topological polar surface area (TPSA) is 70.6 Å². The molecule has 0 spiro atoms. The molecule has 35 heavy (non-hydrogen) atoms. The third-order valence-corrected chi connectivity index (χ3v) is 7.61. The standard InChI is InChI=1S/C28H33N3O3S/c1-28(2,3)24-10-5-21(6-11-24)20-30-15-17-31(18-16-30)27(32)26-14-9-23(19-29-26)22-7-12-25(13-8-22)35(4,33)34/h5-14,19H,15-18,20H2,1-4H3. The molecule has 1 amide bonds. The van der Waals surface area contributed by atoms with Gasteiger partial charge in [-0.15, -0.1) is 0 Å². The number of carbonyl (C=O) groups is 1. The van der Waals surface area contributed by atoms with Crippen LogP contribution in [0.2, 0.25) is 0 Å². The predicted octanol–water partition coefficient (Wildman–Crippen LogP) is 4.41. The van der Waals surface area contributed by atoms with Gasteiger partial charge in [0.05, 0.1) is 4.90 Å². The van der Waals surface area contributed by atoms with Gasteiger partial charge in [0.25, 0.3) is 5.91 Å². The smallest absolute Gasteiger partial charge is 0.272 e. The van der Waals surface area contributed by atoms with E-state index in [4.69, 9.17) is 0 Å². The Labute approximate surface area is 208 Å². The number of benzene rings is 2. The third kappa shape index (κ3) is 6.16. The van der Waals surface area contributed by atoms with E-state index in [0.29, 0.717) is 18.8 Å². The summed E-state index contributed by atoms with van der Waals surface area (Å²) in [6, 6.07) is 19.1. The van der Waals surface area contributed by atoms with Crippen molar-refractivity contribution in [1.29, 1.82) is 0 Å². The van der Waals surface area contributed by atoms with Crippen molar-refractivity contribution in [2.45, 2.75) is 37.6 Å². The average Bonchev–Trinajstić information content (AvgIpc) is 2.83. The molecule has 0 atom stereocenters. The van der Waals surface area contributed by atoms with Gasteiger partial charge in [-0.05, 0) is 40.3 Å². The molecule has 2 heterocycles. The summed E-state index contributed by atoms with van der Waals surface area (Å²) >= 11 is 0. The van der Waals surface area contributed by atoms with E-state index >= 15 is 0 Å². The summed E-state index contributed by atoms with van der Waals surface area (Å²) in [6.45, 7) is 10.6. The van der Waals surface area contributed by atoms with E-state index < -0.39 is 9.84 Å². The van der Waals surface area contributed by atoms with E-state index in [1.807, 2.05) is 11.0 Å². The molecule has 1 aliphatic heterocycles. The highest BCUT2D eigenvalue weighted by molar-refractivity contribution is 7.90. The minimum Gasteiger partial charge on any atom is -0.335 e. The molecule has 0 unspecified atom stereocenters. The predicted molar refractivity (Wildman–Crippen MR) is 139 cm³/mol. The second-order valence-electron chi connectivity index (χ2n) is 10.2. The lowest BCUT2D eigenvalue weighted by atomic mass is 9.87. The van der Waals surface area contributed by atoms with Crippen LogP contribution in [-0.2, 0) is 21.8 Å². The minimum absolute atomic E-state index is 0.0573. The second-order valence-corrected chi connectivity index (χ2v) is 12.3. The highest BCUT2D eigenvalue weighted by Crippen LogP contribution is 2.23. The van der Waals surface area contributed by atoms with E-state index in [1.54, 1.807) is 36.5 Å². The van der Waals surface area contributed by atoms with Gasteiger partial charge in [0.15, 0.2) is 9.84 Å². The van der Waals surface area contributed by atoms with Crippen LogP contribution in [0.25, 0.3) is 11.1 Å². The van der Waals surface area contributed by atoms with Crippen LogP contribution >= 0.6 is 0 Å². The molecule has 2 aromatic carbocycles. The van der Waals surface area contributed by atoms with Crippen molar-refractivity contribution in [3.05, 3.63) is 83.7 Å². The maximum atomic E-state index is 13.0. The Hall–Kier alpha value is -3.03. The minimum atomic E-state index is -3.23. The number of pyridine rings is 1. The lowest BCUT2D eigenvalue weighted by molar-refractivity contribution is 0.0622. The third-order valence-electron chi connectivity index (χ3n) is 6.48. The fourth-order valence-electron chi connectivity index (χ4n) is 4.23. The number of carbonyl (C=O) groups excluding carboxylic acids is 1. The highest BCUT2D eigenvalue weighted by Gasteiger charge is 2.23. The number of sulfone groups is 1. The molecule has 0 bridgehead atoms. The van der Waals surface area contributed by atoms with Crippen LogP contribution in [0.3, 0.4) is 0 Å². The molecular weight excluding hydrogens is 458 g/mol. The van der Waals surface area contributed by atoms with E-state index in [2.05, 4.69) is 54.9 Å². The summed E-state index contributed by atoms with van der Waals surface area (Å²) in [7, 11) is -3.23. The van der Waals surface area contributed by atoms with Crippen molar-refractivity contribution >= 4 is 15.7 Å². The number of amides is 1. The van der Waals surface area contributed by atoms with Crippen LogP contribution in [0.4, 0.5) is 0 Å². The quantitative estimate of drug-likeness (QED) is 0.529. The van der Waals surface area contributed by atoms with Gasteiger partial charge in [-0.1, -0.05) is 63.2 Å². The molecule has 3 aromatic rings. The van der Waals surface area contributed by atoms with Gasteiger partial charge in [0.1, 0.15) is 5.69 Å². The zero-order valence-corrected chi connectivity index (χ0v) is 21.7. The molecule has 1 aliphatic rings. The van der Waals surface area contributed by atoms with Crippen molar-refractivity contribution in [2.75, 3.05) is 32.4 Å². The maximum absolute atomic E-state index is 13.0. The summed E-state index contributed by atoms with van der Waals surface area (Å²) in [6.07, 6.45) is 2.86. The number of rotatable bonds is 5. The zero-order valence-electron chi connectivity index (χ0n) is 20.9. The molecular formula is C28H33N3O3S. The maximum Gasteiger partial charge on any atom is 0.272 e. The lowest BCUT2D eigenvalue weighted by Gasteiger charge is -2.34. The van der Waals surface area contributed by atoms with Gasteiger partial charge < -0.3 is 4.90 Å². The van der Waals surface area contributed by atoms with Gasteiger partial charge in [0, 0.05) is 50.7 Å². The fraction of sp³-hybridized carbons (Fsp3) is 0.357. The monoisotopic (exact) mass is 491 g/mol. The van der Waals surface area contributed by atoms with Gasteiger partial charge in [-0.25, -0.2) is 8.42 Å². The summed E-state index contributed by atoms with van der Waals surface area (Å²) in [4.78, 5) is 21.9.